The van der Waals surface area contributed by atoms with Crippen LogP contribution in [0.1, 0.15) is 18.4 Å². The van der Waals surface area contributed by atoms with Crippen molar-refractivity contribution in [2.45, 2.75) is 18.3 Å². The summed E-state index contributed by atoms with van der Waals surface area (Å²) in [6.07, 6.45) is 1.42. The molecule has 1 amide bonds. The average molecular weight is 242 g/mol. The maximum Gasteiger partial charge on any atom is 0.232 e. The van der Waals surface area contributed by atoms with E-state index in [0.29, 0.717) is 23.4 Å². The number of carbonyl (C=O) groups is 1. The molecule has 0 atom stereocenters. The van der Waals surface area contributed by atoms with Crippen LogP contribution < -0.4 is 0 Å². The van der Waals surface area contributed by atoms with Gasteiger partial charge in [0, 0.05) is 24.7 Å². The van der Waals surface area contributed by atoms with Crippen LogP contribution >= 0.6 is 11.6 Å². The van der Waals surface area contributed by atoms with Gasteiger partial charge in [-0.2, -0.15) is 0 Å². The first-order chi connectivity index (χ1) is 7.47. The van der Waals surface area contributed by atoms with E-state index in [0.717, 1.165) is 0 Å². The highest BCUT2D eigenvalue weighted by atomic mass is 35.5. The van der Waals surface area contributed by atoms with E-state index in [1.165, 1.54) is 11.0 Å². The molecule has 4 heteroatoms. The van der Waals surface area contributed by atoms with Crippen molar-refractivity contribution in [3.05, 3.63) is 34.6 Å². The largest absolute Gasteiger partial charge is 0.348 e. The summed E-state index contributed by atoms with van der Waals surface area (Å²) in [6.45, 7) is 0. The number of amides is 1. The highest BCUT2D eigenvalue weighted by molar-refractivity contribution is 6.30. The number of nitrogens with zero attached hydrogens (tertiary/aromatic N) is 1. The molecule has 86 valence electrons. The second-order valence-corrected chi connectivity index (χ2v) is 4.84. The number of halogens is 2. The van der Waals surface area contributed by atoms with Crippen molar-refractivity contribution in [1.82, 2.24) is 4.90 Å². The first kappa shape index (κ1) is 11.4. The molecular weight excluding hydrogens is 229 g/mol. The molecule has 0 N–H and O–H groups in total. The van der Waals surface area contributed by atoms with Crippen molar-refractivity contribution in [2.75, 3.05) is 14.1 Å². The van der Waals surface area contributed by atoms with Gasteiger partial charge in [-0.15, -0.1) is 0 Å². The normalized spacial score (nSPS) is 17.0. The van der Waals surface area contributed by atoms with Crippen LogP contribution in [-0.4, -0.2) is 24.9 Å². The SMILES string of the molecule is CN(C)C(=O)C1(c2ccc(Cl)cc2F)CC1. The average Bonchev–Trinajstić information content (AvgIpc) is 2.97. The van der Waals surface area contributed by atoms with Gasteiger partial charge in [-0.3, -0.25) is 4.79 Å². The third-order valence-corrected chi connectivity index (χ3v) is 3.25. The lowest BCUT2D eigenvalue weighted by molar-refractivity contribution is -0.131. The molecule has 2 nitrogen and oxygen atoms in total. The lowest BCUT2D eigenvalue weighted by Gasteiger charge is -2.20. The van der Waals surface area contributed by atoms with E-state index in [1.54, 1.807) is 26.2 Å². The van der Waals surface area contributed by atoms with Crippen molar-refractivity contribution in [1.29, 1.82) is 0 Å². The quantitative estimate of drug-likeness (QED) is 0.780. The molecule has 0 radical (unpaired) electrons. The van der Waals surface area contributed by atoms with Gasteiger partial charge >= 0.3 is 0 Å². The Morgan fingerprint density at radius 2 is 2.06 bits per heavy atom. The molecule has 0 unspecified atom stereocenters. The molecule has 0 saturated heterocycles. The summed E-state index contributed by atoms with van der Waals surface area (Å²) < 4.78 is 13.8. The lowest BCUT2D eigenvalue weighted by atomic mass is 9.94. The zero-order valence-corrected chi connectivity index (χ0v) is 10.0. The summed E-state index contributed by atoms with van der Waals surface area (Å²) in [5.74, 6) is -0.422. The second kappa shape index (κ2) is 3.74. The molecule has 1 aliphatic rings. The van der Waals surface area contributed by atoms with E-state index in [2.05, 4.69) is 0 Å². The van der Waals surface area contributed by atoms with E-state index in [4.69, 9.17) is 11.6 Å². The topological polar surface area (TPSA) is 20.3 Å². The molecule has 2 rings (SSSR count). The molecule has 0 bridgehead atoms. The van der Waals surface area contributed by atoms with Gasteiger partial charge in [0.1, 0.15) is 5.82 Å². The summed E-state index contributed by atoms with van der Waals surface area (Å²) >= 11 is 5.69. The molecule has 1 saturated carbocycles. The first-order valence-electron chi connectivity index (χ1n) is 5.15. The van der Waals surface area contributed by atoms with Crippen LogP contribution in [0.4, 0.5) is 4.39 Å². The number of rotatable bonds is 2. The first-order valence-corrected chi connectivity index (χ1v) is 5.52. The van der Waals surface area contributed by atoms with E-state index < -0.39 is 5.41 Å². The maximum absolute atomic E-state index is 13.8. The van der Waals surface area contributed by atoms with Crippen molar-refractivity contribution in [2.24, 2.45) is 0 Å². The molecular formula is C12H13ClFNO. The van der Waals surface area contributed by atoms with Gasteiger partial charge in [-0.1, -0.05) is 17.7 Å². The Labute approximate surface area is 99.0 Å². The number of likely N-dealkylation sites (N-methyl/N-ethyl adjacent to an activating group) is 1. The van der Waals surface area contributed by atoms with Gasteiger partial charge in [-0.05, 0) is 25.0 Å². The Balaban J connectivity index is 2.41. The summed E-state index contributed by atoms with van der Waals surface area (Å²) in [5.41, 5.74) is -0.173. The van der Waals surface area contributed by atoms with Crippen LogP contribution in [0.25, 0.3) is 0 Å². The van der Waals surface area contributed by atoms with Crippen LogP contribution in [0.3, 0.4) is 0 Å². The molecule has 0 aromatic heterocycles. The van der Waals surface area contributed by atoms with Crippen molar-refractivity contribution in [3.8, 4) is 0 Å². The van der Waals surface area contributed by atoms with Crippen LogP contribution in [-0.2, 0) is 10.2 Å². The molecule has 0 spiro atoms. The lowest BCUT2D eigenvalue weighted by Crippen LogP contribution is -2.34. The second-order valence-electron chi connectivity index (χ2n) is 4.41. The van der Waals surface area contributed by atoms with Gasteiger partial charge in [0.15, 0.2) is 0 Å². The van der Waals surface area contributed by atoms with Crippen LogP contribution in [0.15, 0.2) is 18.2 Å². The van der Waals surface area contributed by atoms with Gasteiger partial charge < -0.3 is 4.90 Å². The Morgan fingerprint density at radius 3 is 2.50 bits per heavy atom. The number of benzene rings is 1. The fourth-order valence-corrected chi connectivity index (χ4v) is 2.19. The number of hydrogen-bond acceptors (Lipinski definition) is 1. The highest BCUT2D eigenvalue weighted by Crippen LogP contribution is 2.50. The molecule has 16 heavy (non-hydrogen) atoms. The van der Waals surface area contributed by atoms with Gasteiger partial charge in [0.25, 0.3) is 0 Å². The Morgan fingerprint density at radius 1 is 1.44 bits per heavy atom. The van der Waals surface area contributed by atoms with Gasteiger partial charge in [0.05, 0.1) is 5.41 Å². The van der Waals surface area contributed by atoms with Crippen LogP contribution in [0.2, 0.25) is 5.02 Å². The van der Waals surface area contributed by atoms with Gasteiger partial charge in [0.2, 0.25) is 5.91 Å². The van der Waals surface area contributed by atoms with Crippen LogP contribution in [0.5, 0.6) is 0 Å². The highest BCUT2D eigenvalue weighted by Gasteiger charge is 2.53. The number of hydrogen-bond donors (Lipinski definition) is 0. The summed E-state index contributed by atoms with van der Waals surface area (Å²) in [5, 5.41) is 0.356. The van der Waals surface area contributed by atoms with Crippen molar-refractivity contribution >= 4 is 17.5 Å². The van der Waals surface area contributed by atoms with E-state index in [1.807, 2.05) is 0 Å². The zero-order valence-electron chi connectivity index (χ0n) is 9.26. The summed E-state index contributed by atoms with van der Waals surface area (Å²) in [6, 6.07) is 4.51. The van der Waals surface area contributed by atoms with Gasteiger partial charge in [-0.25, -0.2) is 4.39 Å². The van der Waals surface area contributed by atoms with E-state index in [9.17, 15) is 9.18 Å². The maximum atomic E-state index is 13.8. The fourth-order valence-electron chi connectivity index (χ4n) is 2.03. The Hall–Kier alpha value is -1.09. The molecule has 0 heterocycles. The third-order valence-electron chi connectivity index (χ3n) is 3.01. The molecule has 1 fully saturated rings. The minimum atomic E-state index is -0.641. The predicted molar refractivity (Wildman–Crippen MR) is 61.0 cm³/mol. The predicted octanol–water partition coefficient (Wildman–Crippen LogP) is 2.60. The van der Waals surface area contributed by atoms with E-state index in [-0.39, 0.29) is 11.7 Å². The molecule has 1 aliphatic carbocycles. The third kappa shape index (κ3) is 1.69. The van der Waals surface area contributed by atoms with Crippen LogP contribution in [0, 0.1) is 5.82 Å². The Bertz CT molecular complexity index is 441. The summed E-state index contributed by atoms with van der Waals surface area (Å²) in [4.78, 5) is 13.5. The molecule has 0 aliphatic heterocycles. The van der Waals surface area contributed by atoms with Crippen molar-refractivity contribution < 1.29 is 9.18 Å². The summed E-state index contributed by atoms with van der Waals surface area (Å²) in [7, 11) is 3.38. The fraction of sp³-hybridized carbons (Fsp3) is 0.417. The minimum absolute atomic E-state index is 0.0336. The molecule has 1 aromatic carbocycles. The molecule has 1 aromatic rings. The van der Waals surface area contributed by atoms with E-state index >= 15 is 0 Å². The number of carbonyl (C=O) groups excluding carboxylic acids is 1. The standard InChI is InChI=1S/C12H13ClFNO/c1-15(2)11(16)12(5-6-12)9-4-3-8(13)7-10(9)14/h3-4,7H,5-6H2,1-2H3. The smallest absolute Gasteiger partial charge is 0.232 e. The Kier molecular flexibility index (Phi) is 2.66. The minimum Gasteiger partial charge on any atom is -0.348 e. The zero-order chi connectivity index (χ0) is 11.9. The monoisotopic (exact) mass is 241 g/mol. The van der Waals surface area contributed by atoms with Crippen molar-refractivity contribution in [3.63, 3.8) is 0 Å².